The largest absolute Gasteiger partial charge is 0.516 e. The monoisotopic (exact) mass is 418 g/mol. The van der Waals surface area contributed by atoms with Crippen LogP contribution in [0.25, 0.3) is 0 Å². The van der Waals surface area contributed by atoms with Crippen molar-refractivity contribution in [3.63, 3.8) is 0 Å². The topological polar surface area (TPSA) is 66.5 Å². The molecule has 1 aliphatic rings. The third-order valence-corrected chi connectivity index (χ3v) is 5.57. The van der Waals surface area contributed by atoms with Gasteiger partial charge in [0.1, 0.15) is 0 Å². The molecule has 1 aliphatic heterocycles. The molecule has 144 valence electrons. The molecule has 1 amide bonds. The van der Waals surface area contributed by atoms with E-state index in [1.807, 2.05) is 6.07 Å². The molecule has 0 fully saturated rings. The van der Waals surface area contributed by atoms with Crippen LogP contribution < -0.4 is 4.72 Å². The van der Waals surface area contributed by atoms with Gasteiger partial charge in [-0.15, -0.1) is 0 Å². The lowest BCUT2D eigenvalue weighted by atomic mass is 9.98. The number of amides is 1. The first-order valence-corrected chi connectivity index (χ1v) is 9.69. The highest BCUT2D eigenvalue weighted by atomic mass is 35.5. The highest BCUT2D eigenvalue weighted by Crippen LogP contribution is 2.28. The molecule has 1 N–H and O–H groups in total. The van der Waals surface area contributed by atoms with Crippen molar-refractivity contribution >= 4 is 33.2 Å². The molecule has 0 radical (unpaired) electrons. The first kappa shape index (κ1) is 19.5. The molecule has 0 bridgehead atoms. The Bertz CT molecular complexity index is 976. The van der Waals surface area contributed by atoms with Gasteiger partial charge >= 0.3 is 15.5 Å². The second kappa shape index (κ2) is 7.05. The molecule has 0 saturated carbocycles. The van der Waals surface area contributed by atoms with Crippen molar-refractivity contribution < 1.29 is 26.4 Å². The average Bonchev–Trinajstić information content (AvgIpc) is 2.58. The number of rotatable bonds is 4. The number of fused-ring (bicyclic) bond motifs is 1. The molecule has 0 aliphatic carbocycles. The van der Waals surface area contributed by atoms with Gasteiger partial charge in [0.15, 0.2) is 0 Å². The fraction of sp³-hybridized carbons (Fsp3) is 0.235. The Labute approximate surface area is 158 Å². The van der Waals surface area contributed by atoms with Crippen molar-refractivity contribution in [1.82, 2.24) is 4.90 Å². The highest BCUT2D eigenvalue weighted by Gasteiger charge is 2.46. The van der Waals surface area contributed by atoms with Crippen LogP contribution in [0.1, 0.15) is 21.5 Å². The Hall–Kier alpha value is -2.26. The van der Waals surface area contributed by atoms with Gasteiger partial charge in [0.25, 0.3) is 5.91 Å². The first-order valence-electron chi connectivity index (χ1n) is 7.83. The quantitative estimate of drug-likeness (QED) is 0.821. The van der Waals surface area contributed by atoms with E-state index in [9.17, 15) is 26.4 Å². The van der Waals surface area contributed by atoms with E-state index in [1.165, 1.54) is 29.0 Å². The van der Waals surface area contributed by atoms with Gasteiger partial charge in [0.05, 0.1) is 10.6 Å². The fourth-order valence-corrected chi connectivity index (χ4v) is 3.63. The molecule has 0 unspecified atom stereocenters. The number of carbonyl (C=O) groups excluding carboxylic acids is 1. The molecular formula is C17H14ClF3N2O3S. The highest BCUT2D eigenvalue weighted by molar-refractivity contribution is 7.93. The number of benzene rings is 2. The number of nitrogens with one attached hydrogen (secondary N) is 1. The van der Waals surface area contributed by atoms with Crippen molar-refractivity contribution in [3.05, 3.63) is 64.2 Å². The lowest BCUT2D eigenvalue weighted by Gasteiger charge is -2.29. The van der Waals surface area contributed by atoms with Crippen LogP contribution in [-0.4, -0.2) is 31.3 Å². The molecule has 5 nitrogen and oxygen atoms in total. The summed E-state index contributed by atoms with van der Waals surface area (Å²) >= 11 is 6.12. The number of nitrogens with zero attached hydrogens (tertiary/aromatic N) is 1. The van der Waals surface area contributed by atoms with Crippen LogP contribution in [0, 0.1) is 0 Å². The van der Waals surface area contributed by atoms with Crippen LogP contribution in [0.3, 0.4) is 0 Å². The summed E-state index contributed by atoms with van der Waals surface area (Å²) < 4.78 is 60.9. The Morgan fingerprint density at radius 2 is 1.78 bits per heavy atom. The molecule has 10 heteroatoms. The van der Waals surface area contributed by atoms with Gasteiger partial charge < -0.3 is 4.90 Å². The summed E-state index contributed by atoms with van der Waals surface area (Å²) in [5.74, 6) is -0.219. The normalized spacial score (nSPS) is 14.8. The molecule has 3 rings (SSSR count). The summed E-state index contributed by atoms with van der Waals surface area (Å²) in [5.41, 5.74) is -3.62. The zero-order chi connectivity index (χ0) is 19.8. The number of hydrogen-bond acceptors (Lipinski definition) is 3. The van der Waals surface area contributed by atoms with Crippen LogP contribution in [0.5, 0.6) is 0 Å². The predicted octanol–water partition coefficient (Wildman–Crippen LogP) is 3.80. The van der Waals surface area contributed by atoms with E-state index in [2.05, 4.69) is 0 Å². The molecule has 27 heavy (non-hydrogen) atoms. The molecule has 1 heterocycles. The van der Waals surface area contributed by atoms with E-state index >= 15 is 0 Å². The summed E-state index contributed by atoms with van der Waals surface area (Å²) in [6, 6.07) is 10.6. The van der Waals surface area contributed by atoms with Crippen LogP contribution in [-0.2, 0) is 23.0 Å². The van der Waals surface area contributed by atoms with Crippen LogP contribution in [0.4, 0.5) is 18.9 Å². The van der Waals surface area contributed by atoms with E-state index in [4.69, 9.17) is 11.6 Å². The molecule has 2 aromatic carbocycles. The number of carbonyl (C=O) groups is 1. The van der Waals surface area contributed by atoms with Gasteiger partial charge in [-0.25, -0.2) is 0 Å². The molecule has 0 atom stereocenters. The van der Waals surface area contributed by atoms with E-state index in [-0.39, 0.29) is 18.1 Å². The maximum atomic E-state index is 12.6. The number of halogens is 4. The van der Waals surface area contributed by atoms with Gasteiger partial charge in [-0.3, -0.25) is 9.52 Å². The second-order valence-electron chi connectivity index (χ2n) is 6.00. The molecule has 0 aromatic heterocycles. The summed E-state index contributed by atoms with van der Waals surface area (Å²) in [5, 5.41) is 0.374. The Morgan fingerprint density at radius 1 is 1.11 bits per heavy atom. The van der Waals surface area contributed by atoms with Gasteiger partial charge in [0.2, 0.25) is 0 Å². The van der Waals surface area contributed by atoms with Crippen molar-refractivity contribution in [2.24, 2.45) is 0 Å². The minimum Gasteiger partial charge on any atom is -0.334 e. The van der Waals surface area contributed by atoms with Crippen molar-refractivity contribution in [1.29, 1.82) is 0 Å². The predicted molar refractivity (Wildman–Crippen MR) is 94.9 cm³/mol. The third kappa shape index (κ3) is 4.03. The zero-order valence-corrected chi connectivity index (χ0v) is 15.3. The third-order valence-electron chi connectivity index (χ3n) is 4.14. The smallest absolute Gasteiger partial charge is 0.334 e. The average molecular weight is 419 g/mol. The lowest BCUT2D eigenvalue weighted by Crippen LogP contribution is -2.37. The van der Waals surface area contributed by atoms with Crippen LogP contribution in [0.2, 0.25) is 5.02 Å². The van der Waals surface area contributed by atoms with E-state index < -0.39 is 15.5 Å². The summed E-state index contributed by atoms with van der Waals surface area (Å²) in [4.78, 5) is 14.2. The van der Waals surface area contributed by atoms with E-state index in [0.29, 0.717) is 29.1 Å². The fourth-order valence-electron chi connectivity index (χ4n) is 2.79. The number of alkyl halides is 3. The first-order chi connectivity index (χ1) is 12.6. The van der Waals surface area contributed by atoms with Crippen molar-refractivity contribution in [3.8, 4) is 0 Å². The minimum atomic E-state index is -5.47. The molecule has 0 spiro atoms. The van der Waals surface area contributed by atoms with Gasteiger partial charge in [-0.05, 0) is 35.7 Å². The van der Waals surface area contributed by atoms with Crippen molar-refractivity contribution in [2.45, 2.75) is 18.5 Å². The second-order valence-corrected chi connectivity index (χ2v) is 8.08. The van der Waals surface area contributed by atoms with E-state index in [0.717, 1.165) is 5.56 Å². The van der Waals surface area contributed by atoms with Crippen LogP contribution in [0.15, 0.2) is 42.5 Å². The molecular weight excluding hydrogens is 405 g/mol. The van der Waals surface area contributed by atoms with Crippen molar-refractivity contribution in [2.75, 3.05) is 11.3 Å². The summed E-state index contributed by atoms with van der Waals surface area (Å²) in [6.45, 7) is 0.713. The Kier molecular flexibility index (Phi) is 5.09. The standard InChI is InChI=1S/C17H14ClF3N2O3S/c18-14-3-1-2-12-8-9-23(16(24)15(12)14)10-11-4-6-13(7-5-11)22-27(25,26)17(19,20)21/h1-7,22H,8-10H2. The van der Waals surface area contributed by atoms with Gasteiger partial charge in [-0.2, -0.15) is 21.6 Å². The Morgan fingerprint density at radius 3 is 2.41 bits per heavy atom. The maximum absolute atomic E-state index is 12.6. The Balaban J connectivity index is 1.73. The SMILES string of the molecule is O=C1c2c(Cl)cccc2CCN1Cc1ccc(NS(=O)(=O)C(F)(F)F)cc1. The summed E-state index contributed by atoms with van der Waals surface area (Å²) in [6.07, 6.45) is 0.644. The van der Waals surface area contributed by atoms with Gasteiger partial charge in [-0.1, -0.05) is 35.9 Å². The van der Waals surface area contributed by atoms with E-state index in [1.54, 1.807) is 17.0 Å². The van der Waals surface area contributed by atoms with Crippen LogP contribution >= 0.6 is 11.6 Å². The maximum Gasteiger partial charge on any atom is 0.516 e. The minimum absolute atomic E-state index is 0.213. The molecule has 0 saturated heterocycles. The zero-order valence-electron chi connectivity index (χ0n) is 13.8. The lowest BCUT2D eigenvalue weighted by molar-refractivity contribution is -0.0429. The van der Waals surface area contributed by atoms with Gasteiger partial charge in [0, 0.05) is 18.8 Å². The summed E-state index contributed by atoms with van der Waals surface area (Å²) in [7, 11) is -5.47. The number of hydrogen-bond donors (Lipinski definition) is 1. The number of anilines is 1. The number of sulfonamides is 1. The molecule has 2 aromatic rings.